The van der Waals surface area contributed by atoms with Crippen LogP contribution in [0.4, 0.5) is 18.9 Å². The van der Waals surface area contributed by atoms with Gasteiger partial charge >= 0.3 is 0 Å². The van der Waals surface area contributed by atoms with E-state index in [2.05, 4.69) is 5.32 Å². The molecule has 6 nitrogen and oxygen atoms in total. The summed E-state index contributed by atoms with van der Waals surface area (Å²) < 4.78 is 75.0. The molecular weight excluding hydrogens is 423 g/mol. The molecule has 0 saturated carbocycles. The summed E-state index contributed by atoms with van der Waals surface area (Å²) in [5.41, 5.74) is -1.52. The molecule has 2 aromatic carbocycles. The first kappa shape index (κ1) is 22.1. The van der Waals surface area contributed by atoms with Gasteiger partial charge in [-0.25, -0.2) is 21.6 Å². The molecule has 1 amide bonds. The van der Waals surface area contributed by atoms with Crippen LogP contribution in [0.2, 0.25) is 0 Å². The third-order valence-electron chi connectivity index (χ3n) is 4.70. The molecular formula is C20H20F3NO5S. The minimum absolute atomic E-state index is 0.0638. The minimum Gasteiger partial charge on any atom is -0.496 e. The van der Waals surface area contributed by atoms with Crippen molar-refractivity contribution in [1.29, 1.82) is 0 Å². The molecule has 0 radical (unpaired) electrons. The second kappa shape index (κ2) is 8.27. The largest absolute Gasteiger partial charge is 0.496 e. The van der Waals surface area contributed by atoms with E-state index in [9.17, 15) is 26.4 Å². The van der Waals surface area contributed by atoms with Crippen molar-refractivity contribution in [3.8, 4) is 5.75 Å². The second-order valence-corrected chi connectivity index (χ2v) is 9.41. The van der Waals surface area contributed by atoms with Crippen molar-refractivity contribution in [2.45, 2.75) is 18.2 Å². The number of nitrogens with one attached hydrogen (secondary N) is 1. The van der Waals surface area contributed by atoms with E-state index in [1.165, 1.54) is 25.3 Å². The van der Waals surface area contributed by atoms with Crippen molar-refractivity contribution < 1.29 is 35.9 Å². The standard InChI is InChI=1S/C20H20F3NO5S/c1-20(9-29-10-20)11-30(26,27)13-4-6-17(28-2)15(8-13)19(25)24-12-3-5-16(21)14(7-12)18(22)23/h3-8,18H,9-11H2,1-2H3,(H,24,25). The van der Waals surface area contributed by atoms with Crippen LogP contribution in [0.25, 0.3) is 0 Å². The number of benzene rings is 2. The summed E-state index contributed by atoms with van der Waals surface area (Å²) in [6.45, 7) is 2.44. The van der Waals surface area contributed by atoms with Crippen LogP contribution >= 0.6 is 0 Å². The highest BCUT2D eigenvalue weighted by Crippen LogP contribution is 2.32. The fourth-order valence-corrected chi connectivity index (χ4v) is 4.94. The third kappa shape index (κ3) is 4.59. The predicted molar refractivity (Wildman–Crippen MR) is 103 cm³/mol. The quantitative estimate of drug-likeness (QED) is 0.703. The molecule has 1 saturated heterocycles. The molecule has 2 aromatic rings. The van der Waals surface area contributed by atoms with Gasteiger partial charge in [-0.2, -0.15) is 0 Å². The molecule has 10 heteroatoms. The summed E-state index contributed by atoms with van der Waals surface area (Å²) >= 11 is 0. The van der Waals surface area contributed by atoms with Crippen molar-refractivity contribution in [2.75, 3.05) is 31.4 Å². The Morgan fingerprint density at radius 3 is 2.50 bits per heavy atom. The van der Waals surface area contributed by atoms with Gasteiger partial charge < -0.3 is 14.8 Å². The number of alkyl halides is 2. The maximum Gasteiger partial charge on any atom is 0.266 e. The van der Waals surface area contributed by atoms with Gasteiger partial charge in [-0.3, -0.25) is 4.79 Å². The molecule has 0 aliphatic carbocycles. The lowest BCUT2D eigenvalue weighted by Gasteiger charge is -2.37. The number of amides is 1. The summed E-state index contributed by atoms with van der Waals surface area (Å²) in [6.07, 6.45) is -3.05. The number of sulfone groups is 1. The molecule has 0 bridgehead atoms. The molecule has 1 fully saturated rings. The first-order valence-electron chi connectivity index (χ1n) is 8.92. The fourth-order valence-electron chi connectivity index (χ4n) is 3.12. The number of carbonyl (C=O) groups excluding carboxylic acids is 1. The topological polar surface area (TPSA) is 81.7 Å². The van der Waals surface area contributed by atoms with E-state index in [4.69, 9.17) is 9.47 Å². The zero-order valence-electron chi connectivity index (χ0n) is 16.2. The predicted octanol–water partition coefficient (Wildman–Crippen LogP) is 3.83. The van der Waals surface area contributed by atoms with Gasteiger partial charge in [0.25, 0.3) is 12.3 Å². The minimum atomic E-state index is -3.72. The van der Waals surface area contributed by atoms with Crippen LogP contribution in [0.3, 0.4) is 0 Å². The number of halogens is 3. The highest BCUT2D eigenvalue weighted by Gasteiger charge is 2.38. The summed E-state index contributed by atoms with van der Waals surface area (Å²) in [5, 5.41) is 2.37. The first-order chi connectivity index (χ1) is 14.0. The van der Waals surface area contributed by atoms with E-state index in [0.717, 1.165) is 18.2 Å². The average molecular weight is 443 g/mol. The van der Waals surface area contributed by atoms with Gasteiger partial charge in [-0.15, -0.1) is 0 Å². The molecule has 0 spiro atoms. The van der Waals surface area contributed by atoms with Crippen molar-refractivity contribution in [3.63, 3.8) is 0 Å². The van der Waals surface area contributed by atoms with Crippen LogP contribution in [-0.4, -0.2) is 40.4 Å². The number of anilines is 1. The summed E-state index contributed by atoms with van der Waals surface area (Å²) in [4.78, 5) is 12.6. The Morgan fingerprint density at radius 2 is 1.93 bits per heavy atom. The lowest BCUT2D eigenvalue weighted by molar-refractivity contribution is -0.0870. The number of methoxy groups -OCH3 is 1. The van der Waals surface area contributed by atoms with Crippen LogP contribution in [0.1, 0.15) is 29.3 Å². The van der Waals surface area contributed by atoms with Gasteiger partial charge in [-0.1, -0.05) is 6.92 Å². The van der Waals surface area contributed by atoms with Gasteiger partial charge in [0.2, 0.25) is 0 Å². The third-order valence-corrected chi connectivity index (χ3v) is 6.75. The molecule has 3 rings (SSSR count). The fraction of sp³-hybridized carbons (Fsp3) is 0.350. The lowest BCUT2D eigenvalue weighted by Crippen LogP contribution is -2.45. The van der Waals surface area contributed by atoms with Gasteiger partial charge in [0.1, 0.15) is 11.6 Å². The van der Waals surface area contributed by atoms with Crippen molar-refractivity contribution in [2.24, 2.45) is 5.41 Å². The van der Waals surface area contributed by atoms with Gasteiger partial charge in [0.05, 0.1) is 42.1 Å². The maximum atomic E-state index is 13.5. The van der Waals surface area contributed by atoms with Gasteiger partial charge in [-0.05, 0) is 36.4 Å². The van der Waals surface area contributed by atoms with E-state index in [-0.39, 0.29) is 27.6 Å². The van der Waals surface area contributed by atoms with E-state index >= 15 is 0 Å². The average Bonchev–Trinajstić information content (AvgIpc) is 2.67. The molecule has 1 aliphatic rings. The Balaban J connectivity index is 1.90. The Morgan fingerprint density at radius 1 is 1.23 bits per heavy atom. The summed E-state index contributed by atoms with van der Waals surface area (Å²) in [7, 11) is -2.42. The molecule has 30 heavy (non-hydrogen) atoms. The molecule has 0 atom stereocenters. The first-order valence-corrected chi connectivity index (χ1v) is 10.6. The zero-order chi connectivity index (χ0) is 22.1. The molecule has 0 unspecified atom stereocenters. The normalized spacial score (nSPS) is 15.5. The maximum absolute atomic E-state index is 13.5. The van der Waals surface area contributed by atoms with E-state index in [1.807, 2.05) is 0 Å². The van der Waals surface area contributed by atoms with Gasteiger partial charge in [0, 0.05) is 11.1 Å². The van der Waals surface area contributed by atoms with E-state index in [0.29, 0.717) is 13.2 Å². The Labute approximate surface area is 171 Å². The van der Waals surface area contributed by atoms with Crippen molar-refractivity contribution in [3.05, 3.63) is 53.3 Å². The molecule has 1 N–H and O–H groups in total. The number of ether oxygens (including phenoxy) is 2. The molecule has 162 valence electrons. The second-order valence-electron chi connectivity index (χ2n) is 7.42. The molecule has 1 heterocycles. The Bertz CT molecular complexity index is 1070. The van der Waals surface area contributed by atoms with Crippen LogP contribution in [-0.2, 0) is 14.6 Å². The van der Waals surface area contributed by atoms with Crippen LogP contribution in [0, 0.1) is 11.2 Å². The number of hydrogen-bond donors (Lipinski definition) is 1. The summed E-state index contributed by atoms with van der Waals surface area (Å²) in [6, 6.07) is 6.61. The smallest absolute Gasteiger partial charge is 0.266 e. The van der Waals surface area contributed by atoms with Crippen molar-refractivity contribution >= 4 is 21.4 Å². The highest BCUT2D eigenvalue weighted by atomic mass is 32.2. The zero-order valence-corrected chi connectivity index (χ0v) is 17.1. The highest BCUT2D eigenvalue weighted by molar-refractivity contribution is 7.91. The number of carbonyl (C=O) groups is 1. The van der Waals surface area contributed by atoms with Gasteiger partial charge in [0.15, 0.2) is 9.84 Å². The van der Waals surface area contributed by atoms with Crippen LogP contribution in [0.5, 0.6) is 5.75 Å². The number of rotatable bonds is 7. The molecule has 1 aliphatic heterocycles. The Hall–Kier alpha value is -2.59. The monoisotopic (exact) mass is 443 g/mol. The summed E-state index contributed by atoms with van der Waals surface area (Å²) in [5.74, 6) is -1.93. The number of hydrogen-bond acceptors (Lipinski definition) is 5. The van der Waals surface area contributed by atoms with Crippen LogP contribution in [0.15, 0.2) is 41.3 Å². The SMILES string of the molecule is COc1ccc(S(=O)(=O)CC2(C)COC2)cc1C(=O)Nc1ccc(F)c(C(F)F)c1. The van der Waals surface area contributed by atoms with E-state index < -0.39 is 39.0 Å². The van der Waals surface area contributed by atoms with Crippen LogP contribution < -0.4 is 10.1 Å². The van der Waals surface area contributed by atoms with Crippen molar-refractivity contribution in [1.82, 2.24) is 0 Å². The lowest BCUT2D eigenvalue weighted by atomic mass is 9.92. The van der Waals surface area contributed by atoms with E-state index in [1.54, 1.807) is 6.92 Å². The Kier molecular flexibility index (Phi) is 6.09. The molecule has 0 aromatic heterocycles.